The minimum atomic E-state index is -0.494. The number of nitrogens with two attached hydrogens (primary N) is 2. The second-order valence-electron chi connectivity index (χ2n) is 3.97. The van der Waals surface area contributed by atoms with Crippen LogP contribution in [0.4, 0.5) is 5.69 Å². The van der Waals surface area contributed by atoms with E-state index in [9.17, 15) is 4.79 Å². The second kappa shape index (κ2) is 5.63. The second-order valence-corrected chi connectivity index (χ2v) is 4.38. The number of para-hydroxylation sites is 1. The lowest BCUT2D eigenvalue weighted by atomic mass is 10.1. The zero-order chi connectivity index (χ0) is 13.8. The van der Waals surface area contributed by atoms with Crippen LogP contribution in [0.1, 0.15) is 15.9 Å². The highest BCUT2D eigenvalue weighted by Crippen LogP contribution is 2.31. The first-order chi connectivity index (χ1) is 9.09. The first-order valence-corrected chi connectivity index (χ1v) is 6.02. The van der Waals surface area contributed by atoms with Crippen molar-refractivity contribution in [2.75, 3.05) is 5.73 Å². The van der Waals surface area contributed by atoms with E-state index in [-0.39, 0.29) is 6.61 Å². The molecule has 2 rings (SSSR count). The molecule has 2 aromatic carbocycles. The fourth-order valence-corrected chi connectivity index (χ4v) is 1.95. The predicted octanol–water partition coefficient (Wildman–Crippen LogP) is 2.60. The summed E-state index contributed by atoms with van der Waals surface area (Å²) in [5, 5.41) is 0.427. The highest BCUT2D eigenvalue weighted by Gasteiger charge is 2.10. The topological polar surface area (TPSA) is 78.3 Å². The van der Waals surface area contributed by atoms with Crippen molar-refractivity contribution in [2.24, 2.45) is 5.73 Å². The number of primary amides is 1. The highest BCUT2D eigenvalue weighted by molar-refractivity contribution is 6.32. The minimum absolute atomic E-state index is 0.174. The Labute approximate surface area is 115 Å². The molecule has 0 fully saturated rings. The number of nitrogen functional groups attached to an aromatic ring is 1. The number of rotatable bonds is 4. The van der Waals surface area contributed by atoms with Gasteiger partial charge in [-0.25, -0.2) is 0 Å². The average Bonchev–Trinajstić information content (AvgIpc) is 2.38. The number of amides is 1. The molecule has 19 heavy (non-hydrogen) atoms. The summed E-state index contributed by atoms with van der Waals surface area (Å²) in [6, 6.07) is 12.1. The molecular weight excluding hydrogens is 264 g/mol. The van der Waals surface area contributed by atoms with Crippen LogP contribution in [0.25, 0.3) is 0 Å². The molecule has 5 heteroatoms. The molecule has 0 atom stereocenters. The van der Waals surface area contributed by atoms with Gasteiger partial charge >= 0.3 is 0 Å². The van der Waals surface area contributed by atoms with Crippen LogP contribution < -0.4 is 16.2 Å². The predicted molar refractivity (Wildman–Crippen MR) is 75.2 cm³/mol. The van der Waals surface area contributed by atoms with Crippen molar-refractivity contribution in [3.63, 3.8) is 0 Å². The molecule has 0 aliphatic heterocycles. The summed E-state index contributed by atoms with van der Waals surface area (Å²) in [6.07, 6.45) is 0. The van der Waals surface area contributed by atoms with E-state index >= 15 is 0 Å². The van der Waals surface area contributed by atoms with Gasteiger partial charge in [-0.15, -0.1) is 0 Å². The van der Waals surface area contributed by atoms with E-state index in [1.807, 2.05) is 0 Å². The SMILES string of the molecule is NC(=O)c1ccccc1COc1c(N)cccc1Cl. The standard InChI is InChI=1S/C14H13ClN2O2/c15-11-6-3-7-12(16)13(11)19-8-9-4-1-2-5-10(9)14(17)18/h1-7H,8,16H2,(H2,17,18). The number of benzene rings is 2. The molecule has 0 bridgehead atoms. The zero-order valence-electron chi connectivity index (χ0n) is 10.1. The lowest BCUT2D eigenvalue weighted by molar-refractivity contribution is 0.0998. The van der Waals surface area contributed by atoms with Gasteiger partial charge in [0.15, 0.2) is 5.75 Å². The Bertz CT molecular complexity index is 594. The van der Waals surface area contributed by atoms with Crippen molar-refractivity contribution >= 4 is 23.2 Å². The third-order valence-electron chi connectivity index (χ3n) is 2.65. The van der Waals surface area contributed by atoms with Crippen LogP contribution in [0.15, 0.2) is 42.5 Å². The molecule has 1 amide bonds. The monoisotopic (exact) mass is 276 g/mol. The van der Waals surface area contributed by atoms with Gasteiger partial charge in [-0.3, -0.25) is 4.79 Å². The van der Waals surface area contributed by atoms with E-state index in [0.29, 0.717) is 27.6 Å². The lowest BCUT2D eigenvalue weighted by Crippen LogP contribution is -2.14. The van der Waals surface area contributed by atoms with Crippen LogP contribution in [-0.4, -0.2) is 5.91 Å². The Hall–Kier alpha value is -2.20. The number of hydrogen-bond acceptors (Lipinski definition) is 3. The molecule has 2 aromatic rings. The van der Waals surface area contributed by atoms with Crippen molar-refractivity contribution in [1.82, 2.24) is 0 Å². The summed E-state index contributed by atoms with van der Waals surface area (Å²) >= 11 is 6.00. The molecule has 0 aromatic heterocycles. The number of ether oxygens (including phenoxy) is 1. The molecule has 98 valence electrons. The van der Waals surface area contributed by atoms with Crippen molar-refractivity contribution < 1.29 is 9.53 Å². The number of halogens is 1. The molecule has 4 nitrogen and oxygen atoms in total. The van der Waals surface area contributed by atoms with Crippen molar-refractivity contribution in [3.05, 3.63) is 58.6 Å². The Balaban J connectivity index is 2.22. The summed E-state index contributed by atoms with van der Waals surface area (Å²) in [5.74, 6) is -0.0882. The summed E-state index contributed by atoms with van der Waals surface area (Å²) in [7, 11) is 0. The van der Waals surface area contributed by atoms with Crippen molar-refractivity contribution in [1.29, 1.82) is 0 Å². The largest absolute Gasteiger partial charge is 0.485 e. The van der Waals surface area contributed by atoms with E-state index < -0.39 is 5.91 Å². The van der Waals surface area contributed by atoms with Gasteiger partial charge in [0.2, 0.25) is 5.91 Å². The lowest BCUT2D eigenvalue weighted by Gasteiger charge is -2.12. The Kier molecular flexibility index (Phi) is 3.92. The molecule has 0 aliphatic rings. The molecule has 4 N–H and O–H groups in total. The van der Waals surface area contributed by atoms with Crippen LogP contribution in [0.2, 0.25) is 5.02 Å². The van der Waals surface area contributed by atoms with Gasteiger partial charge in [0, 0.05) is 11.1 Å². The third-order valence-corrected chi connectivity index (χ3v) is 2.95. The summed E-state index contributed by atoms with van der Waals surface area (Å²) < 4.78 is 5.58. The fourth-order valence-electron chi connectivity index (χ4n) is 1.71. The quantitative estimate of drug-likeness (QED) is 0.843. The maximum atomic E-state index is 11.3. The summed E-state index contributed by atoms with van der Waals surface area (Å²) in [4.78, 5) is 11.3. The highest BCUT2D eigenvalue weighted by atomic mass is 35.5. The number of hydrogen-bond donors (Lipinski definition) is 2. The molecule has 0 saturated heterocycles. The van der Waals surface area contributed by atoms with E-state index in [1.165, 1.54) is 0 Å². The van der Waals surface area contributed by atoms with Crippen molar-refractivity contribution in [2.45, 2.75) is 6.61 Å². The van der Waals surface area contributed by atoms with Gasteiger partial charge in [-0.05, 0) is 18.2 Å². The van der Waals surface area contributed by atoms with Crippen LogP contribution in [-0.2, 0) is 6.61 Å². The molecule has 0 spiro atoms. The van der Waals surface area contributed by atoms with Gasteiger partial charge in [-0.1, -0.05) is 35.9 Å². The molecule has 0 aliphatic carbocycles. The van der Waals surface area contributed by atoms with Gasteiger partial charge < -0.3 is 16.2 Å². The fraction of sp³-hybridized carbons (Fsp3) is 0.0714. The Morgan fingerprint density at radius 2 is 1.89 bits per heavy atom. The maximum Gasteiger partial charge on any atom is 0.249 e. The van der Waals surface area contributed by atoms with Crippen LogP contribution in [0.3, 0.4) is 0 Å². The smallest absolute Gasteiger partial charge is 0.249 e. The first-order valence-electron chi connectivity index (χ1n) is 5.64. The van der Waals surface area contributed by atoms with Crippen LogP contribution in [0, 0.1) is 0 Å². The van der Waals surface area contributed by atoms with Crippen LogP contribution in [0.5, 0.6) is 5.75 Å². The van der Waals surface area contributed by atoms with E-state index in [2.05, 4.69) is 0 Å². The Morgan fingerprint density at radius 1 is 1.16 bits per heavy atom. The van der Waals surface area contributed by atoms with E-state index in [1.54, 1.807) is 42.5 Å². The minimum Gasteiger partial charge on any atom is -0.485 e. The summed E-state index contributed by atoms with van der Waals surface area (Å²) in [6.45, 7) is 0.174. The van der Waals surface area contributed by atoms with E-state index in [4.69, 9.17) is 27.8 Å². The van der Waals surface area contributed by atoms with Gasteiger partial charge in [0.25, 0.3) is 0 Å². The molecule has 0 radical (unpaired) electrons. The van der Waals surface area contributed by atoms with Gasteiger partial charge in [0.1, 0.15) is 6.61 Å². The van der Waals surface area contributed by atoms with Crippen molar-refractivity contribution in [3.8, 4) is 5.75 Å². The third kappa shape index (κ3) is 2.98. The molecule has 0 saturated carbocycles. The Morgan fingerprint density at radius 3 is 2.58 bits per heavy atom. The number of carbonyl (C=O) groups is 1. The number of carbonyl (C=O) groups excluding carboxylic acids is 1. The first kappa shape index (κ1) is 13.2. The average molecular weight is 277 g/mol. The van der Waals surface area contributed by atoms with Crippen LogP contribution >= 0.6 is 11.6 Å². The molecule has 0 heterocycles. The van der Waals surface area contributed by atoms with Gasteiger partial charge in [0.05, 0.1) is 10.7 Å². The number of anilines is 1. The molecular formula is C14H13ClN2O2. The van der Waals surface area contributed by atoms with Gasteiger partial charge in [-0.2, -0.15) is 0 Å². The molecule has 0 unspecified atom stereocenters. The summed E-state index contributed by atoms with van der Waals surface area (Å²) in [5.41, 5.74) is 12.6. The maximum absolute atomic E-state index is 11.3. The zero-order valence-corrected chi connectivity index (χ0v) is 10.9. The normalized spacial score (nSPS) is 10.2. The van der Waals surface area contributed by atoms with E-state index in [0.717, 1.165) is 0 Å².